The van der Waals surface area contributed by atoms with Crippen LogP contribution in [-0.4, -0.2) is 250 Å². The van der Waals surface area contributed by atoms with Crippen LogP contribution in [0.15, 0.2) is 25.0 Å². The number of aliphatic carboxylic acids is 4. The maximum Gasteiger partial charge on any atom is 0.328 e. The van der Waals surface area contributed by atoms with Crippen LogP contribution in [0.4, 0.5) is 0 Å². The van der Waals surface area contributed by atoms with Gasteiger partial charge in [-0.3, -0.25) is 81.5 Å². The maximum absolute atomic E-state index is 14.8. The number of hydrogen-bond donors (Lipinski definition) is 23. The molecule has 638 valence electrons. The molecule has 0 fully saturated rings. The molecule has 0 aromatic carbocycles. The summed E-state index contributed by atoms with van der Waals surface area (Å²) < 4.78 is 0. The molecule has 0 saturated heterocycles. The Morgan fingerprint density at radius 2 is 0.693 bits per heavy atom. The SMILES string of the molecule is CC[C@H](C)[C@H](NC(=O)[C@H](CC(=O)O)NC(=O)[C@H](Cc1cnc[nH]1)NC(=O)[C@H](CCCCN)NC(=O)[C@H](CCC(=O)O)NC(C)=O)C(=O)N[C@@H](CC(C)C)C(=O)N[C@@H](Cc1cnc[nH]1)C(=O)N[C@@H](CCCCN)C(=O)N[C@@H](CC(C)C)C(=O)N[C@@H](CC(C)C)C(=O)N[C@@H](CCC(N)=O)C(=O)N[C@@H](CC(=O)O)C(=O)N[C@@H](CO)C(=O)O. The van der Waals surface area contributed by atoms with Crippen LogP contribution in [0.3, 0.4) is 0 Å². The van der Waals surface area contributed by atoms with Crippen molar-refractivity contribution in [2.24, 2.45) is 40.9 Å². The minimum Gasteiger partial charge on any atom is -0.481 e. The van der Waals surface area contributed by atoms with Gasteiger partial charge in [0.25, 0.3) is 0 Å². The third-order valence-corrected chi connectivity index (χ3v) is 17.7. The van der Waals surface area contributed by atoms with Crippen LogP contribution >= 0.6 is 0 Å². The predicted octanol–water partition coefficient (Wildman–Crippen LogP) is -5.16. The summed E-state index contributed by atoms with van der Waals surface area (Å²) in [7, 11) is 0. The Morgan fingerprint density at radius 1 is 0.386 bits per heavy atom. The number of H-pyrrole nitrogens is 2. The van der Waals surface area contributed by atoms with Crippen molar-refractivity contribution in [1.29, 1.82) is 0 Å². The zero-order chi connectivity index (χ0) is 86.1. The summed E-state index contributed by atoms with van der Waals surface area (Å²) in [4.78, 5) is 256. The van der Waals surface area contributed by atoms with Gasteiger partial charge in [0.2, 0.25) is 82.7 Å². The summed E-state index contributed by atoms with van der Waals surface area (Å²) in [6.07, 6.45) is 1.20. The van der Waals surface area contributed by atoms with E-state index in [0.717, 1.165) is 6.92 Å². The van der Waals surface area contributed by atoms with Crippen molar-refractivity contribution >= 4 is 107 Å². The van der Waals surface area contributed by atoms with Crippen LogP contribution in [0.5, 0.6) is 0 Å². The molecule has 2 aromatic rings. The van der Waals surface area contributed by atoms with E-state index in [1.54, 1.807) is 55.4 Å². The molecular formula is C71H116N20O23. The first-order chi connectivity index (χ1) is 53.6. The lowest BCUT2D eigenvalue weighted by atomic mass is 9.96. The maximum atomic E-state index is 14.8. The molecule has 14 atom stereocenters. The minimum absolute atomic E-state index is 0.0742. The molecule has 0 radical (unpaired) electrons. The van der Waals surface area contributed by atoms with E-state index in [1.165, 1.54) is 25.0 Å². The average molecular weight is 1620 g/mol. The highest BCUT2D eigenvalue weighted by Crippen LogP contribution is 2.17. The molecule has 0 unspecified atom stereocenters. The Bertz CT molecular complexity index is 3540. The summed E-state index contributed by atoms with van der Waals surface area (Å²) >= 11 is 0. The van der Waals surface area contributed by atoms with Gasteiger partial charge in [-0.2, -0.15) is 0 Å². The number of aromatic amines is 2. The van der Waals surface area contributed by atoms with Crippen molar-refractivity contribution in [3.8, 4) is 0 Å². The standard InChI is InChI=1S/C71H116N20O23/c1-10-38(8)58(91-69(111)52(29-57(99)100)88-67(109)50(27-41-31-76-34-78-41)85-60(102)42(15-11-13-21-72)80-61(103)44(79-39(9)93)18-20-55(95)96)70(112)89-48(25-37(6)7)65(107)86-49(26-40-30-75-33-77-40)66(108)81-43(16-12-14-22-73)59(101)83-47(24-36(4)5)64(106)84-46(23-35(2)3)63(105)82-45(17-19-54(74)94)62(104)87-51(28-56(97)98)68(110)90-53(32-92)71(113)114/h30-31,33-38,42-53,58,92H,10-29,32,72-73H2,1-9H3,(H2,74,94)(H,75,77)(H,76,78)(H,79,93)(H,80,103)(H,81,108)(H,82,105)(H,83,101)(H,84,106)(H,85,102)(H,86,107)(H,87,104)(H,88,109)(H,89,112)(H,90,110)(H,91,111)(H,95,96)(H,97,98)(H,99,100)(H,113,114)/t38-,42-,43-,44-,45-,46-,47-,48-,49-,50-,51-,52-,53-,58-/m0/s1. The van der Waals surface area contributed by atoms with Crippen molar-refractivity contribution in [3.05, 3.63) is 36.4 Å². The Hall–Kier alpha value is -11.2. The number of hydrogen-bond acceptors (Lipinski definition) is 23. The highest BCUT2D eigenvalue weighted by molar-refractivity contribution is 6.01. The van der Waals surface area contributed by atoms with Gasteiger partial charge in [0.05, 0.1) is 32.1 Å². The van der Waals surface area contributed by atoms with Crippen molar-refractivity contribution in [3.63, 3.8) is 0 Å². The van der Waals surface area contributed by atoms with E-state index in [4.69, 9.17) is 17.2 Å². The lowest BCUT2D eigenvalue weighted by Crippen LogP contribution is -2.62. The van der Waals surface area contributed by atoms with E-state index in [-0.39, 0.29) is 107 Å². The molecule has 2 aromatic heterocycles. The minimum atomic E-state index is -1.99. The van der Waals surface area contributed by atoms with Crippen LogP contribution in [0, 0.1) is 23.7 Å². The van der Waals surface area contributed by atoms with Gasteiger partial charge >= 0.3 is 23.9 Å². The van der Waals surface area contributed by atoms with Crippen molar-refractivity contribution in [2.45, 2.75) is 256 Å². The average Bonchev–Trinajstić information content (AvgIpc) is 0.949. The number of unbranched alkanes of at least 4 members (excludes halogenated alkanes) is 2. The van der Waals surface area contributed by atoms with E-state index in [9.17, 15) is 112 Å². The van der Waals surface area contributed by atoms with E-state index < -0.39 is 230 Å². The molecule has 0 aliphatic heterocycles. The highest BCUT2D eigenvalue weighted by Gasteiger charge is 2.40. The predicted molar refractivity (Wildman–Crippen MR) is 404 cm³/mol. The van der Waals surface area contributed by atoms with Crippen LogP contribution in [0.2, 0.25) is 0 Å². The van der Waals surface area contributed by atoms with E-state index in [2.05, 4.69) is 83.7 Å². The highest BCUT2D eigenvalue weighted by atomic mass is 16.4. The quantitative estimate of drug-likeness (QED) is 0.0275. The fourth-order valence-electron chi connectivity index (χ4n) is 11.5. The van der Waals surface area contributed by atoms with Gasteiger partial charge < -0.3 is 122 Å². The number of aromatic nitrogens is 4. The number of aliphatic hydroxyl groups is 1. The van der Waals surface area contributed by atoms with Crippen molar-refractivity contribution in [2.75, 3.05) is 19.7 Å². The molecule has 26 N–H and O–H groups in total. The Balaban J connectivity index is 2.60. The number of carboxylic acids is 4. The van der Waals surface area contributed by atoms with Gasteiger partial charge in [0.1, 0.15) is 78.5 Å². The fourth-order valence-corrected chi connectivity index (χ4v) is 11.5. The van der Waals surface area contributed by atoms with Gasteiger partial charge in [0, 0.05) is 56.4 Å². The number of carbonyl (C=O) groups excluding carboxylic acids is 14. The molecule has 0 aliphatic rings. The Labute approximate surface area is 658 Å². The molecule has 2 rings (SSSR count). The summed E-state index contributed by atoms with van der Waals surface area (Å²) in [6, 6.07) is -21.2. The van der Waals surface area contributed by atoms with Gasteiger partial charge in [0.15, 0.2) is 0 Å². The van der Waals surface area contributed by atoms with Gasteiger partial charge in [-0.15, -0.1) is 0 Å². The third kappa shape index (κ3) is 37.9. The number of aliphatic hydroxyl groups excluding tert-OH is 1. The van der Waals surface area contributed by atoms with Gasteiger partial charge in [-0.1, -0.05) is 61.8 Å². The number of carbonyl (C=O) groups is 18. The first-order valence-electron chi connectivity index (χ1n) is 37.7. The molecule has 43 nitrogen and oxygen atoms in total. The zero-order valence-electron chi connectivity index (χ0n) is 65.7. The van der Waals surface area contributed by atoms with Gasteiger partial charge in [-0.05, 0) is 107 Å². The zero-order valence-corrected chi connectivity index (χ0v) is 65.7. The molecule has 43 heteroatoms. The molecular weight excluding hydrogens is 1500 g/mol. The molecule has 0 saturated carbocycles. The number of imidazole rings is 2. The van der Waals surface area contributed by atoms with E-state index in [1.807, 2.05) is 5.32 Å². The lowest BCUT2D eigenvalue weighted by molar-refractivity contribution is -0.144. The first kappa shape index (κ1) is 98.8. The number of primary amides is 1. The number of nitrogens with two attached hydrogens (primary N) is 3. The van der Waals surface area contributed by atoms with E-state index >= 15 is 0 Å². The van der Waals surface area contributed by atoms with Crippen LogP contribution in [-0.2, 0) is 99.1 Å². The molecule has 2 heterocycles. The largest absolute Gasteiger partial charge is 0.481 e. The summed E-state index contributed by atoms with van der Waals surface area (Å²) in [6.45, 7) is 13.7. The first-order valence-corrected chi connectivity index (χ1v) is 37.7. The summed E-state index contributed by atoms with van der Waals surface area (Å²) in [5, 5.41) is 79.8. The lowest BCUT2D eigenvalue weighted by Gasteiger charge is -2.30. The normalized spacial score (nSPS) is 14.9. The van der Waals surface area contributed by atoms with Crippen LogP contribution < -0.4 is 86.3 Å². The van der Waals surface area contributed by atoms with Crippen LogP contribution in [0.25, 0.3) is 0 Å². The van der Waals surface area contributed by atoms with E-state index in [0.29, 0.717) is 18.5 Å². The number of rotatable bonds is 57. The molecule has 114 heavy (non-hydrogen) atoms. The smallest absolute Gasteiger partial charge is 0.328 e. The number of nitrogens with one attached hydrogen (secondary N) is 15. The molecule has 0 spiro atoms. The Morgan fingerprint density at radius 3 is 1.01 bits per heavy atom. The number of nitrogens with zero attached hydrogens (tertiary/aromatic N) is 2. The number of carboxylic acid groups (broad SMARTS) is 4. The van der Waals surface area contributed by atoms with Crippen molar-refractivity contribution in [1.82, 2.24) is 89.1 Å². The molecule has 0 bridgehead atoms. The fraction of sp³-hybridized carbons (Fsp3) is 0.662. The second-order valence-electron chi connectivity index (χ2n) is 29.0. The molecule has 14 amide bonds. The molecule has 0 aliphatic carbocycles. The summed E-state index contributed by atoms with van der Waals surface area (Å²) in [5.74, 6) is -22.3. The Kier molecular flexibility index (Phi) is 44.6. The second-order valence-corrected chi connectivity index (χ2v) is 29.0. The van der Waals surface area contributed by atoms with Gasteiger partial charge in [-0.25, -0.2) is 14.8 Å². The monoisotopic (exact) mass is 1620 g/mol. The number of amides is 14. The van der Waals surface area contributed by atoms with Crippen molar-refractivity contribution < 1.29 is 112 Å². The summed E-state index contributed by atoms with van der Waals surface area (Å²) in [5.41, 5.74) is 17.5. The topological polar surface area (TPSA) is 700 Å². The third-order valence-electron chi connectivity index (χ3n) is 17.7. The second kappa shape index (κ2) is 51.4. The van der Waals surface area contributed by atoms with Crippen LogP contribution in [0.1, 0.15) is 176 Å².